The molecule has 1 saturated heterocycles. The third-order valence-corrected chi connectivity index (χ3v) is 5.67. The Morgan fingerprint density at radius 1 is 1.00 bits per heavy atom. The summed E-state index contributed by atoms with van der Waals surface area (Å²) in [6, 6.07) is 23.1. The average Bonchev–Trinajstić information content (AvgIpc) is 3.29. The summed E-state index contributed by atoms with van der Waals surface area (Å²) in [5.74, 6) is -0.824. The number of hydrogen-bond donors (Lipinski definition) is 1. The number of nitrogens with zero attached hydrogens (tertiary/aromatic N) is 3. The largest absolute Gasteiger partial charge is 1.00 e. The number of piperazine rings is 1. The van der Waals surface area contributed by atoms with Gasteiger partial charge in [-0.15, -0.1) is 0 Å². The van der Waals surface area contributed by atoms with Crippen molar-refractivity contribution in [3.8, 4) is 0 Å². The van der Waals surface area contributed by atoms with E-state index in [1.807, 2.05) is 0 Å². The normalized spacial score (nSPS) is 14.9. The van der Waals surface area contributed by atoms with Gasteiger partial charge in [0.05, 0.1) is 18.6 Å². The number of aromatic carboxylic acids is 1. The van der Waals surface area contributed by atoms with Gasteiger partial charge in [0.25, 0.3) is 0 Å². The maximum Gasteiger partial charge on any atom is 1.00 e. The van der Waals surface area contributed by atoms with Crippen molar-refractivity contribution >= 4 is 5.97 Å². The van der Waals surface area contributed by atoms with E-state index in [1.165, 1.54) is 17.2 Å². The van der Waals surface area contributed by atoms with Gasteiger partial charge in [-0.1, -0.05) is 65.8 Å². The molecular weight excluding hydrogens is 415 g/mol. The summed E-state index contributed by atoms with van der Waals surface area (Å²) in [5.41, 5.74) is 2.48. The Morgan fingerprint density at radius 3 is 2.12 bits per heavy atom. The van der Waals surface area contributed by atoms with Gasteiger partial charge in [-0.05, 0) is 11.1 Å². The molecule has 0 spiro atoms. The Morgan fingerprint density at radius 2 is 1.59 bits per heavy atom. The van der Waals surface area contributed by atoms with Gasteiger partial charge >= 0.3 is 29.6 Å². The summed E-state index contributed by atoms with van der Waals surface area (Å²) in [6.07, 6.45) is 0. The predicted molar refractivity (Wildman–Crippen MR) is 115 cm³/mol. The zero-order valence-corrected chi connectivity index (χ0v) is 20.4. The van der Waals surface area contributed by atoms with Gasteiger partial charge in [0.1, 0.15) is 5.69 Å². The monoisotopic (exact) mass is 442 g/mol. The SMILES string of the molecule is O=C([O-])c1cc(CNCCN2CCN(C(c3ccccc3)c3ccccc3)CC2)on1.[Na+]. The first kappa shape index (κ1) is 24.6. The average molecular weight is 442 g/mol. The van der Waals surface area contributed by atoms with Crippen molar-refractivity contribution in [1.82, 2.24) is 20.3 Å². The van der Waals surface area contributed by atoms with E-state index in [9.17, 15) is 9.90 Å². The smallest absolute Gasteiger partial charge is 0.543 e. The summed E-state index contributed by atoms with van der Waals surface area (Å²) >= 11 is 0. The fraction of sp³-hybridized carbons (Fsp3) is 0.333. The van der Waals surface area contributed by atoms with Crippen molar-refractivity contribution in [3.63, 3.8) is 0 Å². The number of benzene rings is 2. The Hall–Kier alpha value is -2.00. The Kier molecular flexibility index (Phi) is 9.47. The molecule has 0 bridgehead atoms. The Labute approximate surface area is 210 Å². The van der Waals surface area contributed by atoms with E-state index in [0.29, 0.717) is 12.3 Å². The molecule has 1 aliphatic rings. The molecule has 32 heavy (non-hydrogen) atoms. The molecule has 162 valence electrons. The first-order valence-corrected chi connectivity index (χ1v) is 10.6. The van der Waals surface area contributed by atoms with Crippen LogP contribution in [0.5, 0.6) is 0 Å². The van der Waals surface area contributed by atoms with Crippen molar-refractivity contribution < 1.29 is 44.0 Å². The van der Waals surface area contributed by atoms with E-state index in [0.717, 1.165) is 39.3 Å². The van der Waals surface area contributed by atoms with Crippen molar-refractivity contribution in [2.24, 2.45) is 0 Å². The van der Waals surface area contributed by atoms with Gasteiger partial charge in [0, 0.05) is 45.3 Å². The standard InChI is InChI=1S/C24H28N4O3.Na/c29-24(30)22-17-21(31-26-22)18-25-11-12-27-13-15-28(16-14-27)23(19-7-3-1-4-8-19)20-9-5-2-6-10-20;/h1-10,17,23,25H,11-16,18H2,(H,29,30);/q;+1/p-1. The first-order valence-electron chi connectivity index (χ1n) is 10.6. The molecule has 0 radical (unpaired) electrons. The minimum absolute atomic E-state index is 0. The molecule has 1 aliphatic heterocycles. The molecule has 2 heterocycles. The fourth-order valence-electron chi connectivity index (χ4n) is 4.07. The molecule has 3 aromatic rings. The molecule has 0 saturated carbocycles. The number of nitrogens with one attached hydrogen (secondary N) is 1. The molecule has 8 heteroatoms. The second kappa shape index (κ2) is 12.3. The fourth-order valence-corrected chi connectivity index (χ4v) is 4.07. The predicted octanol–water partition coefficient (Wildman–Crippen LogP) is -1.46. The van der Waals surface area contributed by atoms with Crippen molar-refractivity contribution in [3.05, 3.63) is 89.3 Å². The number of rotatable bonds is 9. The second-order valence-corrected chi connectivity index (χ2v) is 7.74. The van der Waals surface area contributed by atoms with Crippen LogP contribution in [0.1, 0.15) is 33.4 Å². The van der Waals surface area contributed by atoms with Crippen LogP contribution < -0.4 is 40.0 Å². The van der Waals surface area contributed by atoms with Crippen LogP contribution in [0.3, 0.4) is 0 Å². The van der Waals surface area contributed by atoms with Crippen molar-refractivity contribution in [2.75, 3.05) is 39.3 Å². The molecule has 1 aromatic heterocycles. The van der Waals surface area contributed by atoms with E-state index in [1.54, 1.807) is 0 Å². The topological polar surface area (TPSA) is 84.7 Å². The van der Waals surface area contributed by atoms with Gasteiger partial charge in [-0.2, -0.15) is 0 Å². The number of aromatic nitrogens is 1. The zero-order chi connectivity index (χ0) is 21.5. The van der Waals surface area contributed by atoms with E-state index in [4.69, 9.17) is 4.52 Å². The summed E-state index contributed by atoms with van der Waals surface area (Å²) in [5, 5.41) is 17.5. The third-order valence-electron chi connectivity index (χ3n) is 5.67. The first-order chi connectivity index (χ1) is 15.2. The van der Waals surface area contributed by atoms with E-state index in [-0.39, 0.29) is 41.3 Å². The van der Waals surface area contributed by atoms with Crippen LogP contribution in [0.4, 0.5) is 0 Å². The van der Waals surface area contributed by atoms with Crippen LogP contribution in [-0.4, -0.2) is 60.2 Å². The van der Waals surface area contributed by atoms with Gasteiger partial charge in [0.15, 0.2) is 5.76 Å². The number of hydrogen-bond acceptors (Lipinski definition) is 7. The van der Waals surface area contributed by atoms with E-state index < -0.39 is 5.97 Å². The van der Waals surface area contributed by atoms with Gasteiger partial charge in [0.2, 0.25) is 0 Å². The maximum atomic E-state index is 10.7. The summed E-state index contributed by atoms with van der Waals surface area (Å²) in [7, 11) is 0. The molecule has 2 aromatic carbocycles. The third kappa shape index (κ3) is 6.51. The van der Waals surface area contributed by atoms with Gasteiger partial charge in [-0.25, -0.2) is 0 Å². The Bertz CT molecular complexity index is 920. The molecule has 0 amide bonds. The number of carboxylic acid groups (broad SMARTS) is 1. The van der Waals surface area contributed by atoms with Crippen LogP contribution in [0, 0.1) is 0 Å². The summed E-state index contributed by atoms with van der Waals surface area (Å²) < 4.78 is 4.99. The van der Waals surface area contributed by atoms with Crippen LogP contribution in [0.25, 0.3) is 0 Å². The molecule has 1 N–H and O–H groups in total. The van der Waals surface area contributed by atoms with Gasteiger partial charge in [-0.3, -0.25) is 9.80 Å². The molecule has 7 nitrogen and oxygen atoms in total. The minimum Gasteiger partial charge on any atom is -0.543 e. The second-order valence-electron chi connectivity index (χ2n) is 7.74. The van der Waals surface area contributed by atoms with Crippen LogP contribution in [0.15, 0.2) is 71.3 Å². The number of carbonyl (C=O) groups excluding carboxylic acids is 1. The summed E-state index contributed by atoms with van der Waals surface area (Å²) in [6.45, 7) is 6.20. The van der Waals surface area contributed by atoms with E-state index in [2.05, 4.69) is 80.9 Å². The summed E-state index contributed by atoms with van der Waals surface area (Å²) in [4.78, 5) is 15.7. The number of carboxylic acids is 1. The number of carbonyl (C=O) groups is 1. The van der Waals surface area contributed by atoms with Crippen molar-refractivity contribution in [2.45, 2.75) is 12.6 Å². The molecular formula is C24H27N4NaO3. The quantitative estimate of drug-likeness (QED) is 0.320. The zero-order valence-electron chi connectivity index (χ0n) is 18.4. The van der Waals surface area contributed by atoms with Crippen molar-refractivity contribution in [1.29, 1.82) is 0 Å². The van der Waals surface area contributed by atoms with Gasteiger partial charge < -0.3 is 19.7 Å². The molecule has 4 rings (SSSR count). The molecule has 1 fully saturated rings. The van der Waals surface area contributed by atoms with Crippen LogP contribution >= 0.6 is 0 Å². The molecule has 0 aliphatic carbocycles. The minimum atomic E-state index is -1.32. The van der Waals surface area contributed by atoms with Crippen LogP contribution in [0.2, 0.25) is 0 Å². The van der Waals surface area contributed by atoms with Crippen LogP contribution in [-0.2, 0) is 6.54 Å². The molecule has 0 atom stereocenters. The Balaban J connectivity index is 0.00000289. The molecule has 0 unspecified atom stereocenters. The van der Waals surface area contributed by atoms with E-state index >= 15 is 0 Å². The maximum absolute atomic E-state index is 10.7.